The molecule has 3 aliphatic carbocycles. The Balaban J connectivity index is 1.39. The van der Waals surface area contributed by atoms with Gasteiger partial charge in [0.05, 0.1) is 20.8 Å². The van der Waals surface area contributed by atoms with Crippen molar-refractivity contribution in [3.05, 3.63) is 166 Å². The first kappa shape index (κ1) is 30.3. The van der Waals surface area contributed by atoms with Crippen LogP contribution in [-0.4, -0.2) is 32.3 Å². The second kappa shape index (κ2) is 12.8. The highest BCUT2D eigenvalue weighted by atomic mass is 31.1. The minimum absolute atomic E-state index is 0.00838. The first-order valence-electron chi connectivity index (χ1n) is 15.5. The van der Waals surface area contributed by atoms with Gasteiger partial charge in [0.1, 0.15) is 23.7 Å². The smallest absolute Gasteiger partial charge is 0.497 e. The fourth-order valence-electron chi connectivity index (χ4n) is 7.79. The number of fused-ring (bicyclic) bond motifs is 1. The lowest BCUT2D eigenvalue weighted by Gasteiger charge is -2.51. The lowest BCUT2D eigenvalue weighted by atomic mass is 9.54. The summed E-state index contributed by atoms with van der Waals surface area (Å²) in [6, 6.07) is 43.5. The zero-order valence-electron chi connectivity index (χ0n) is 25.8. The summed E-state index contributed by atoms with van der Waals surface area (Å²) in [4.78, 5) is 9.76. The molecule has 2 bridgehead atoms. The maximum absolute atomic E-state index is 11.9. The van der Waals surface area contributed by atoms with Crippen LogP contribution in [0.4, 0.5) is 0 Å². The standard InChI is InChI=1S/C39H35O6P/c1-42-29-20-16-27(17-21-29)39(26-10-4-3-5-11-26,28-18-22-30(43-2)23-19-28)44-24-35-36(25-45-46(40)41)38-33-14-8-6-12-31(33)37(35)32-13-7-9-15-34(32)38/h3-23,35-38H,24-25H2,1-2H3/p+1/t35-,36-,37?,38?/m1/s1. The molecule has 0 fully saturated rings. The molecule has 5 aromatic rings. The summed E-state index contributed by atoms with van der Waals surface area (Å²) in [6.45, 7) is 0.514. The quantitative estimate of drug-likeness (QED) is 0.117. The minimum Gasteiger partial charge on any atom is -0.497 e. The van der Waals surface area contributed by atoms with Crippen molar-refractivity contribution in [2.45, 2.75) is 17.4 Å². The van der Waals surface area contributed by atoms with Crippen LogP contribution in [0, 0.1) is 11.8 Å². The van der Waals surface area contributed by atoms with Crippen LogP contribution >= 0.6 is 8.25 Å². The minimum atomic E-state index is -2.75. The highest BCUT2D eigenvalue weighted by molar-refractivity contribution is 7.32. The molecule has 232 valence electrons. The van der Waals surface area contributed by atoms with Gasteiger partial charge >= 0.3 is 8.25 Å². The van der Waals surface area contributed by atoms with E-state index in [0.717, 1.165) is 28.2 Å². The molecule has 0 spiro atoms. The van der Waals surface area contributed by atoms with Crippen molar-refractivity contribution in [3.8, 4) is 11.5 Å². The lowest BCUT2D eigenvalue weighted by molar-refractivity contribution is -0.0353. The third kappa shape index (κ3) is 5.22. The highest BCUT2D eigenvalue weighted by Gasteiger charge is 2.51. The normalized spacial score (nSPS) is 20.0. The van der Waals surface area contributed by atoms with Gasteiger partial charge in [-0.25, -0.2) is 0 Å². The predicted molar refractivity (Wildman–Crippen MR) is 178 cm³/mol. The molecule has 3 aliphatic rings. The Labute approximate surface area is 270 Å². The maximum Gasteiger partial charge on any atom is 0.694 e. The van der Waals surface area contributed by atoms with E-state index < -0.39 is 13.9 Å². The molecular weight excluding hydrogens is 595 g/mol. The van der Waals surface area contributed by atoms with Crippen molar-refractivity contribution in [2.24, 2.45) is 11.8 Å². The number of hydrogen-bond donors (Lipinski definition) is 1. The summed E-state index contributed by atoms with van der Waals surface area (Å²) < 4.78 is 35.9. The van der Waals surface area contributed by atoms with E-state index >= 15 is 0 Å². The van der Waals surface area contributed by atoms with Crippen molar-refractivity contribution in [1.29, 1.82) is 0 Å². The molecule has 0 aliphatic heterocycles. The second-order valence-electron chi connectivity index (χ2n) is 11.9. The molecule has 1 unspecified atom stereocenters. The molecule has 46 heavy (non-hydrogen) atoms. The van der Waals surface area contributed by atoms with Gasteiger partial charge in [-0.3, -0.25) is 0 Å². The number of benzene rings is 5. The van der Waals surface area contributed by atoms with Crippen molar-refractivity contribution in [2.75, 3.05) is 27.4 Å². The molecular formula is C39H36O6P+. The van der Waals surface area contributed by atoms with E-state index in [4.69, 9.17) is 18.7 Å². The SMILES string of the molecule is COc1ccc(C(OC[C@H]2C3c4ccccc4C(c4ccccc43)[C@@H]2CO[P+](=O)O)(c2ccccc2)c2ccc(OC)cc2)cc1. The van der Waals surface area contributed by atoms with Gasteiger partial charge in [0.25, 0.3) is 0 Å². The molecule has 5 aromatic carbocycles. The van der Waals surface area contributed by atoms with Gasteiger partial charge in [0.2, 0.25) is 0 Å². The predicted octanol–water partition coefficient (Wildman–Crippen LogP) is 8.20. The van der Waals surface area contributed by atoms with E-state index in [1.165, 1.54) is 22.3 Å². The Morgan fingerprint density at radius 1 is 0.565 bits per heavy atom. The first-order valence-corrected chi connectivity index (χ1v) is 16.6. The molecule has 0 saturated heterocycles. The van der Waals surface area contributed by atoms with Gasteiger partial charge in [0, 0.05) is 22.3 Å². The van der Waals surface area contributed by atoms with E-state index in [0.29, 0.717) is 6.61 Å². The van der Waals surface area contributed by atoms with Crippen LogP contribution < -0.4 is 9.47 Å². The van der Waals surface area contributed by atoms with Crippen LogP contribution in [0.3, 0.4) is 0 Å². The van der Waals surface area contributed by atoms with Gasteiger partial charge in [-0.05, 0) is 69.1 Å². The van der Waals surface area contributed by atoms with E-state index in [9.17, 15) is 9.46 Å². The molecule has 0 heterocycles. The van der Waals surface area contributed by atoms with Crippen LogP contribution in [-0.2, 0) is 19.4 Å². The van der Waals surface area contributed by atoms with Crippen molar-refractivity contribution < 1.29 is 28.2 Å². The summed E-state index contributed by atoms with van der Waals surface area (Å²) in [6.07, 6.45) is 0. The van der Waals surface area contributed by atoms with E-state index in [1.54, 1.807) is 14.2 Å². The molecule has 1 N–H and O–H groups in total. The van der Waals surface area contributed by atoms with Crippen molar-refractivity contribution in [3.63, 3.8) is 0 Å². The van der Waals surface area contributed by atoms with Crippen LogP contribution in [0.2, 0.25) is 0 Å². The zero-order valence-corrected chi connectivity index (χ0v) is 26.7. The van der Waals surface area contributed by atoms with Crippen LogP contribution in [0.25, 0.3) is 0 Å². The Morgan fingerprint density at radius 3 is 1.37 bits per heavy atom. The van der Waals surface area contributed by atoms with E-state index in [-0.39, 0.29) is 30.3 Å². The molecule has 0 saturated carbocycles. The molecule has 0 radical (unpaired) electrons. The van der Waals surface area contributed by atoms with Crippen LogP contribution in [0.1, 0.15) is 50.8 Å². The maximum atomic E-state index is 11.9. The average Bonchev–Trinajstić information content (AvgIpc) is 3.12. The summed E-state index contributed by atoms with van der Waals surface area (Å²) in [7, 11) is 0.572. The van der Waals surface area contributed by atoms with Gasteiger partial charge < -0.3 is 14.2 Å². The van der Waals surface area contributed by atoms with Gasteiger partial charge in [0.15, 0.2) is 0 Å². The Bertz CT molecular complexity index is 1730. The molecule has 3 atom stereocenters. The number of methoxy groups -OCH3 is 2. The fraction of sp³-hybridized carbons (Fsp3) is 0.231. The third-order valence-electron chi connectivity index (χ3n) is 9.78. The monoisotopic (exact) mass is 631 g/mol. The molecule has 7 heteroatoms. The third-order valence-corrected chi connectivity index (χ3v) is 10.2. The van der Waals surface area contributed by atoms with Crippen LogP contribution in [0.15, 0.2) is 127 Å². The van der Waals surface area contributed by atoms with E-state index in [2.05, 4.69) is 84.9 Å². The summed E-state index contributed by atoms with van der Waals surface area (Å²) >= 11 is 0. The number of hydrogen-bond acceptors (Lipinski definition) is 5. The molecule has 0 aromatic heterocycles. The second-order valence-corrected chi connectivity index (χ2v) is 12.6. The van der Waals surface area contributed by atoms with E-state index in [1.807, 2.05) is 42.5 Å². The van der Waals surface area contributed by atoms with Gasteiger partial charge in [-0.15, -0.1) is 9.42 Å². The number of ether oxygens (including phenoxy) is 3. The topological polar surface area (TPSA) is 74.2 Å². The highest BCUT2D eigenvalue weighted by Crippen LogP contribution is 2.59. The van der Waals surface area contributed by atoms with Crippen molar-refractivity contribution >= 4 is 8.25 Å². The molecule has 0 amide bonds. The Hall–Kier alpha value is -4.32. The first-order chi connectivity index (χ1) is 22.5. The molecule has 6 nitrogen and oxygen atoms in total. The average molecular weight is 632 g/mol. The van der Waals surface area contributed by atoms with Gasteiger partial charge in [-0.2, -0.15) is 0 Å². The summed E-state index contributed by atoms with van der Waals surface area (Å²) in [5.74, 6) is 1.43. The zero-order chi connectivity index (χ0) is 31.7. The fourth-order valence-corrected chi connectivity index (χ4v) is 8.09. The Kier molecular flexibility index (Phi) is 8.46. The van der Waals surface area contributed by atoms with Crippen molar-refractivity contribution in [1.82, 2.24) is 0 Å². The molecule has 8 rings (SSSR count). The van der Waals surface area contributed by atoms with Gasteiger partial charge in [-0.1, -0.05) is 103 Å². The summed E-state index contributed by atoms with van der Waals surface area (Å²) in [5.41, 5.74) is 6.98. The lowest BCUT2D eigenvalue weighted by Crippen LogP contribution is -2.45. The summed E-state index contributed by atoms with van der Waals surface area (Å²) in [5, 5.41) is 0. The van der Waals surface area contributed by atoms with Crippen LogP contribution in [0.5, 0.6) is 11.5 Å². The largest absolute Gasteiger partial charge is 0.694 e. The number of rotatable bonds is 11. The Morgan fingerprint density at radius 2 is 0.957 bits per heavy atom.